The molecule has 0 atom stereocenters. The smallest absolute Gasteiger partial charge is 0.131 e. The summed E-state index contributed by atoms with van der Waals surface area (Å²) < 4.78 is 19.2. The Labute approximate surface area is 118 Å². The Bertz CT molecular complexity index is 528. The molecule has 0 aliphatic rings. The van der Waals surface area contributed by atoms with Gasteiger partial charge in [-0.2, -0.15) is 0 Å². The topological polar surface area (TPSA) is 35.2 Å². The minimum Gasteiger partial charge on any atom is -0.494 e. The van der Waals surface area contributed by atoms with E-state index in [-0.39, 0.29) is 18.2 Å². The molecular weight excluding hydrogens is 265 g/mol. The number of hydrogen-bond donors (Lipinski definition) is 1. The van der Waals surface area contributed by atoms with Crippen molar-refractivity contribution in [2.24, 2.45) is 5.73 Å². The van der Waals surface area contributed by atoms with E-state index in [0.717, 1.165) is 11.1 Å². The zero-order valence-corrected chi connectivity index (χ0v) is 11.5. The summed E-state index contributed by atoms with van der Waals surface area (Å²) in [6.07, 6.45) is 0. The Balaban J connectivity index is 0.00000180. The fraction of sp³-hybridized carbons (Fsp3) is 0.200. The van der Waals surface area contributed by atoms with Crippen LogP contribution in [0.1, 0.15) is 12.5 Å². The van der Waals surface area contributed by atoms with E-state index in [1.807, 2.05) is 31.2 Å². The lowest BCUT2D eigenvalue weighted by Gasteiger charge is -2.08. The van der Waals surface area contributed by atoms with Gasteiger partial charge in [0.1, 0.15) is 11.6 Å². The largest absolute Gasteiger partial charge is 0.494 e. The van der Waals surface area contributed by atoms with Crippen molar-refractivity contribution in [2.75, 3.05) is 6.61 Å². The summed E-state index contributed by atoms with van der Waals surface area (Å²) in [5.41, 5.74) is 7.94. The summed E-state index contributed by atoms with van der Waals surface area (Å²) in [5.74, 6) is 0.427. The molecule has 19 heavy (non-hydrogen) atoms. The van der Waals surface area contributed by atoms with Crippen LogP contribution in [0.4, 0.5) is 4.39 Å². The third-order valence-electron chi connectivity index (χ3n) is 2.75. The number of rotatable bonds is 4. The van der Waals surface area contributed by atoms with Gasteiger partial charge < -0.3 is 10.5 Å². The molecule has 2 rings (SSSR count). The van der Waals surface area contributed by atoms with E-state index in [4.69, 9.17) is 10.5 Å². The molecule has 0 radical (unpaired) electrons. The predicted octanol–water partition coefficient (Wildman–Crippen LogP) is 3.77. The van der Waals surface area contributed by atoms with Crippen molar-refractivity contribution in [1.82, 2.24) is 0 Å². The quantitative estimate of drug-likeness (QED) is 0.926. The van der Waals surface area contributed by atoms with Crippen LogP contribution in [0.25, 0.3) is 11.1 Å². The van der Waals surface area contributed by atoms with E-state index < -0.39 is 0 Å². The van der Waals surface area contributed by atoms with Crippen molar-refractivity contribution in [3.8, 4) is 16.9 Å². The first-order valence-corrected chi connectivity index (χ1v) is 5.96. The third-order valence-corrected chi connectivity index (χ3v) is 2.75. The fourth-order valence-electron chi connectivity index (χ4n) is 1.80. The average Bonchev–Trinajstić information content (AvgIpc) is 2.41. The van der Waals surface area contributed by atoms with Gasteiger partial charge in [-0.1, -0.05) is 24.3 Å². The van der Waals surface area contributed by atoms with E-state index in [2.05, 4.69) is 0 Å². The zero-order valence-electron chi connectivity index (χ0n) is 10.7. The molecule has 0 saturated carbocycles. The maximum absolute atomic E-state index is 13.8. The summed E-state index contributed by atoms with van der Waals surface area (Å²) in [4.78, 5) is 0. The molecule has 4 heteroatoms. The maximum atomic E-state index is 13.8. The molecule has 0 spiro atoms. The number of ether oxygens (including phenoxy) is 1. The van der Waals surface area contributed by atoms with Crippen LogP contribution in [0.15, 0.2) is 42.5 Å². The number of nitrogens with two attached hydrogens (primary N) is 1. The third kappa shape index (κ3) is 3.69. The predicted molar refractivity (Wildman–Crippen MR) is 78.1 cm³/mol. The van der Waals surface area contributed by atoms with E-state index in [1.165, 1.54) is 6.07 Å². The minimum atomic E-state index is -0.251. The first-order chi connectivity index (χ1) is 8.74. The van der Waals surface area contributed by atoms with Crippen molar-refractivity contribution in [1.29, 1.82) is 0 Å². The van der Waals surface area contributed by atoms with Crippen molar-refractivity contribution in [3.63, 3.8) is 0 Å². The van der Waals surface area contributed by atoms with E-state index >= 15 is 0 Å². The van der Waals surface area contributed by atoms with Gasteiger partial charge in [-0.05, 0) is 36.2 Å². The van der Waals surface area contributed by atoms with Crippen LogP contribution in [0.3, 0.4) is 0 Å². The van der Waals surface area contributed by atoms with Crippen molar-refractivity contribution in [2.45, 2.75) is 13.5 Å². The number of hydrogen-bond acceptors (Lipinski definition) is 2. The Morgan fingerprint density at radius 1 is 1.11 bits per heavy atom. The highest BCUT2D eigenvalue weighted by atomic mass is 35.5. The molecule has 0 saturated heterocycles. The second-order valence-electron chi connectivity index (χ2n) is 3.98. The van der Waals surface area contributed by atoms with Crippen LogP contribution in [0, 0.1) is 5.82 Å². The molecule has 0 heterocycles. The van der Waals surface area contributed by atoms with Gasteiger partial charge >= 0.3 is 0 Å². The van der Waals surface area contributed by atoms with Gasteiger partial charge in [-0.15, -0.1) is 12.4 Å². The highest BCUT2D eigenvalue weighted by molar-refractivity contribution is 5.85. The van der Waals surface area contributed by atoms with Gasteiger partial charge in [0.2, 0.25) is 0 Å². The van der Waals surface area contributed by atoms with Gasteiger partial charge in [-0.25, -0.2) is 4.39 Å². The van der Waals surface area contributed by atoms with Crippen molar-refractivity contribution >= 4 is 12.4 Å². The lowest BCUT2D eigenvalue weighted by molar-refractivity contribution is 0.340. The molecule has 0 amide bonds. The monoisotopic (exact) mass is 281 g/mol. The Morgan fingerprint density at radius 3 is 2.37 bits per heavy atom. The molecule has 0 aliphatic carbocycles. The zero-order chi connectivity index (χ0) is 13.0. The van der Waals surface area contributed by atoms with Crippen LogP contribution in [-0.2, 0) is 6.54 Å². The van der Waals surface area contributed by atoms with Crippen molar-refractivity contribution < 1.29 is 9.13 Å². The van der Waals surface area contributed by atoms with Crippen LogP contribution >= 0.6 is 12.4 Å². The number of benzene rings is 2. The normalized spacial score (nSPS) is 9.84. The second-order valence-corrected chi connectivity index (χ2v) is 3.98. The van der Waals surface area contributed by atoms with Gasteiger partial charge in [0, 0.05) is 12.1 Å². The fourth-order valence-corrected chi connectivity index (χ4v) is 1.80. The van der Waals surface area contributed by atoms with E-state index in [1.54, 1.807) is 12.1 Å². The molecule has 102 valence electrons. The van der Waals surface area contributed by atoms with Gasteiger partial charge in [0.05, 0.1) is 6.61 Å². The molecule has 0 fully saturated rings. The highest BCUT2D eigenvalue weighted by Gasteiger charge is 2.06. The molecule has 2 nitrogen and oxygen atoms in total. The van der Waals surface area contributed by atoms with Gasteiger partial charge in [-0.3, -0.25) is 0 Å². The highest BCUT2D eigenvalue weighted by Crippen LogP contribution is 2.27. The summed E-state index contributed by atoms with van der Waals surface area (Å²) in [6.45, 7) is 2.96. The Kier molecular flexibility index (Phi) is 5.80. The van der Waals surface area contributed by atoms with Crippen molar-refractivity contribution in [3.05, 3.63) is 53.8 Å². The van der Waals surface area contributed by atoms with Gasteiger partial charge in [0.15, 0.2) is 0 Å². The van der Waals surface area contributed by atoms with Crippen LogP contribution in [0.2, 0.25) is 0 Å². The van der Waals surface area contributed by atoms with Gasteiger partial charge in [0.25, 0.3) is 0 Å². The standard InChI is InChI=1S/C15H16FNO.ClH/c1-2-18-13-7-8-15(16)14(9-13)12-5-3-11(10-17)4-6-12;/h3-9H,2,10,17H2,1H3;1H. The first kappa shape index (κ1) is 15.5. The lowest BCUT2D eigenvalue weighted by atomic mass is 10.0. The number of halogens is 2. The molecular formula is C15H17ClFNO. The van der Waals surface area contributed by atoms with Crippen LogP contribution < -0.4 is 10.5 Å². The molecule has 0 aromatic heterocycles. The summed E-state index contributed by atoms with van der Waals surface area (Å²) >= 11 is 0. The average molecular weight is 282 g/mol. The first-order valence-electron chi connectivity index (χ1n) is 5.96. The summed E-state index contributed by atoms with van der Waals surface area (Å²) in [5, 5.41) is 0. The molecule has 0 bridgehead atoms. The molecule has 2 aromatic rings. The molecule has 0 aliphatic heterocycles. The molecule has 2 aromatic carbocycles. The summed E-state index contributed by atoms with van der Waals surface area (Å²) in [7, 11) is 0. The maximum Gasteiger partial charge on any atom is 0.131 e. The molecule has 2 N–H and O–H groups in total. The van der Waals surface area contributed by atoms with E-state index in [0.29, 0.717) is 24.5 Å². The van der Waals surface area contributed by atoms with E-state index in [9.17, 15) is 4.39 Å². The van der Waals surface area contributed by atoms with Crippen LogP contribution in [0.5, 0.6) is 5.75 Å². The Hall–Kier alpha value is -1.58. The second kappa shape index (κ2) is 7.12. The lowest BCUT2D eigenvalue weighted by Crippen LogP contribution is -1.96. The van der Waals surface area contributed by atoms with Crippen LogP contribution in [-0.4, -0.2) is 6.61 Å². The molecule has 0 unspecified atom stereocenters. The SMILES string of the molecule is CCOc1ccc(F)c(-c2ccc(CN)cc2)c1.Cl. The minimum absolute atomic E-state index is 0. The summed E-state index contributed by atoms with van der Waals surface area (Å²) in [6, 6.07) is 12.3. The Morgan fingerprint density at radius 2 is 1.79 bits per heavy atom.